The molecule has 3 aromatic rings. The van der Waals surface area contributed by atoms with Gasteiger partial charge in [0.2, 0.25) is 5.91 Å². The van der Waals surface area contributed by atoms with Crippen LogP contribution in [-0.4, -0.2) is 51.2 Å². The number of ether oxygens (including phenoxy) is 1. The Morgan fingerprint density at radius 1 is 1.10 bits per heavy atom. The standard InChI is InChI=1S/C31H32BrN3O4S/c1-3-39-31(38)28-29(37)26(40-30(28)33-23-11-8-20(2)9-12-23)16-21-18-35(25-13-10-22(32)17-24(21)25)19-27(36)34-14-6-4-5-7-15-34/h8-13,16-18,37H,3-7,14-15,19H2,1-2H3/b26-16-,33-30?. The van der Waals surface area contributed by atoms with Crippen molar-refractivity contribution >= 4 is 67.3 Å². The fraction of sp³-hybridized carbons (Fsp3) is 0.323. The van der Waals surface area contributed by atoms with E-state index in [0.717, 1.165) is 52.4 Å². The highest BCUT2D eigenvalue weighted by molar-refractivity contribution is 9.10. The van der Waals surface area contributed by atoms with Gasteiger partial charge in [-0.05, 0) is 63.1 Å². The number of aliphatic hydroxyl groups is 1. The lowest BCUT2D eigenvalue weighted by molar-refractivity contribution is -0.138. The Labute approximate surface area is 246 Å². The van der Waals surface area contributed by atoms with Gasteiger partial charge in [0.05, 0.1) is 17.2 Å². The van der Waals surface area contributed by atoms with Crippen LogP contribution in [0.5, 0.6) is 0 Å². The van der Waals surface area contributed by atoms with E-state index >= 15 is 0 Å². The van der Waals surface area contributed by atoms with Gasteiger partial charge >= 0.3 is 5.97 Å². The van der Waals surface area contributed by atoms with Gasteiger partial charge in [-0.3, -0.25) is 4.79 Å². The number of aliphatic imine (C=N–C) groups is 1. The molecule has 1 aromatic heterocycles. The third-order valence-electron chi connectivity index (χ3n) is 7.06. The second kappa shape index (κ2) is 12.5. The first-order valence-electron chi connectivity index (χ1n) is 13.6. The van der Waals surface area contributed by atoms with Crippen molar-refractivity contribution in [2.75, 3.05) is 19.7 Å². The number of amides is 1. The monoisotopic (exact) mass is 621 g/mol. The predicted octanol–water partition coefficient (Wildman–Crippen LogP) is 7.31. The second-order valence-corrected chi connectivity index (χ2v) is 11.9. The number of aliphatic hydroxyl groups excluding tert-OH is 1. The molecule has 0 atom stereocenters. The van der Waals surface area contributed by atoms with Gasteiger partial charge < -0.3 is 19.3 Å². The Balaban J connectivity index is 1.53. The molecule has 2 aromatic carbocycles. The summed E-state index contributed by atoms with van der Waals surface area (Å²) in [4.78, 5) is 33.2. The molecule has 0 unspecified atom stereocenters. The van der Waals surface area contributed by atoms with Crippen LogP contribution in [0.2, 0.25) is 0 Å². The first-order valence-corrected chi connectivity index (χ1v) is 15.2. The maximum Gasteiger partial charge on any atom is 0.344 e. The van der Waals surface area contributed by atoms with Gasteiger partial charge in [0.25, 0.3) is 0 Å². The highest BCUT2D eigenvalue weighted by Crippen LogP contribution is 2.41. The number of carbonyl (C=O) groups is 2. The first kappa shape index (κ1) is 28.2. The summed E-state index contributed by atoms with van der Waals surface area (Å²) in [5, 5.41) is 12.5. The van der Waals surface area contributed by atoms with E-state index in [1.807, 2.05) is 71.1 Å². The third kappa shape index (κ3) is 6.20. The summed E-state index contributed by atoms with van der Waals surface area (Å²) in [5.74, 6) is -0.670. The minimum atomic E-state index is -0.616. The number of aromatic nitrogens is 1. The smallest absolute Gasteiger partial charge is 0.344 e. The van der Waals surface area contributed by atoms with Crippen LogP contribution in [0, 0.1) is 6.92 Å². The van der Waals surface area contributed by atoms with Crippen LogP contribution in [0.15, 0.2) is 74.4 Å². The Bertz CT molecular complexity index is 1530. The zero-order chi connectivity index (χ0) is 28.2. The molecule has 0 radical (unpaired) electrons. The van der Waals surface area contributed by atoms with Crippen LogP contribution in [0.25, 0.3) is 17.0 Å². The van der Waals surface area contributed by atoms with E-state index in [4.69, 9.17) is 4.74 Å². The number of benzene rings is 2. The van der Waals surface area contributed by atoms with Crippen molar-refractivity contribution in [3.05, 3.63) is 80.5 Å². The Morgan fingerprint density at radius 3 is 2.52 bits per heavy atom. The molecule has 1 saturated heterocycles. The zero-order valence-corrected chi connectivity index (χ0v) is 25.1. The van der Waals surface area contributed by atoms with Crippen LogP contribution in [0.1, 0.15) is 43.7 Å². The molecular weight excluding hydrogens is 590 g/mol. The lowest BCUT2D eigenvalue weighted by Crippen LogP contribution is -2.34. The van der Waals surface area contributed by atoms with Crippen molar-refractivity contribution in [3.63, 3.8) is 0 Å². The summed E-state index contributed by atoms with van der Waals surface area (Å²) in [6.07, 6.45) is 8.20. The molecular formula is C31H32BrN3O4S. The van der Waals surface area contributed by atoms with Crippen LogP contribution >= 0.6 is 27.7 Å². The highest BCUT2D eigenvalue weighted by Gasteiger charge is 2.33. The molecule has 0 saturated carbocycles. The molecule has 1 N–H and O–H groups in total. The molecule has 1 amide bonds. The average molecular weight is 623 g/mol. The van der Waals surface area contributed by atoms with Crippen LogP contribution in [0.4, 0.5) is 5.69 Å². The fourth-order valence-electron chi connectivity index (χ4n) is 4.98. The molecule has 40 heavy (non-hydrogen) atoms. The molecule has 1 fully saturated rings. The summed E-state index contributed by atoms with van der Waals surface area (Å²) in [6, 6.07) is 13.6. The van der Waals surface area contributed by atoms with Crippen molar-refractivity contribution in [2.24, 2.45) is 4.99 Å². The summed E-state index contributed by atoms with van der Waals surface area (Å²) in [6.45, 7) is 5.75. The number of nitrogens with zero attached hydrogens (tertiary/aromatic N) is 3. The predicted molar refractivity (Wildman–Crippen MR) is 165 cm³/mol. The van der Waals surface area contributed by atoms with Gasteiger partial charge in [-0.15, -0.1) is 0 Å². The Kier molecular flexibility index (Phi) is 8.81. The molecule has 2 aliphatic heterocycles. The molecule has 5 rings (SSSR count). The number of likely N-dealkylation sites (tertiary alicyclic amines) is 1. The summed E-state index contributed by atoms with van der Waals surface area (Å²) in [5.41, 5.74) is 3.58. The zero-order valence-electron chi connectivity index (χ0n) is 22.7. The first-order chi connectivity index (χ1) is 19.3. The van der Waals surface area contributed by atoms with E-state index in [-0.39, 0.29) is 30.4 Å². The quantitative estimate of drug-likeness (QED) is 0.292. The number of aryl methyl sites for hydroxylation is 1. The molecule has 0 spiro atoms. The summed E-state index contributed by atoms with van der Waals surface area (Å²) in [7, 11) is 0. The van der Waals surface area contributed by atoms with E-state index in [2.05, 4.69) is 20.9 Å². The van der Waals surface area contributed by atoms with Gasteiger partial charge in [-0.1, -0.05) is 58.2 Å². The minimum absolute atomic E-state index is 0.0555. The van der Waals surface area contributed by atoms with E-state index in [1.165, 1.54) is 24.6 Å². The maximum absolute atomic E-state index is 13.2. The molecule has 7 nitrogen and oxygen atoms in total. The number of carbonyl (C=O) groups excluding carboxylic acids is 2. The van der Waals surface area contributed by atoms with Crippen LogP contribution in [-0.2, 0) is 20.9 Å². The van der Waals surface area contributed by atoms with Crippen molar-refractivity contribution in [2.45, 2.75) is 46.1 Å². The maximum atomic E-state index is 13.2. The molecule has 3 heterocycles. The van der Waals surface area contributed by atoms with Gasteiger partial charge in [-0.25, -0.2) is 9.79 Å². The lowest BCUT2D eigenvalue weighted by Gasteiger charge is -2.20. The largest absolute Gasteiger partial charge is 0.506 e. The van der Waals surface area contributed by atoms with E-state index in [0.29, 0.717) is 15.6 Å². The normalized spacial score (nSPS) is 18.1. The third-order valence-corrected chi connectivity index (χ3v) is 8.57. The average Bonchev–Trinajstić information content (AvgIpc) is 3.25. The topological polar surface area (TPSA) is 84.1 Å². The number of hydrogen-bond donors (Lipinski definition) is 1. The minimum Gasteiger partial charge on any atom is -0.506 e. The second-order valence-electron chi connectivity index (χ2n) is 9.98. The number of hydrogen-bond acceptors (Lipinski definition) is 6. The summed E-state index contributed by atoms with van der Waals surface area (Å²) < 4.78 is 8.13. The molecule has 208 valence electrons. The Hall–Kier alpha value is -3.30. The molecule has 0 aliphatic carbocycles. The van der Waals surface area contributed by atoms with Gasteiger partial charge in [0.15, 0.2) is 0 Å². The highest BCUT2D eigenvalue weighted by atomic mass is 79.9. The number of rotatable bonds is 6. The molecule has 0 bridgehead atoms. The number of esters is 1. The van der Waals surface area contributed by atoms with Crippen LogP contribution < -0.4 is 0 Å². The van der Waals surface area contributed by atoms with Crippen LogP contribution in [0.3, 0.4) is 0 Å². The molecule has 2 aliphatic rings. The van der Waals surface area contributed by atoms with E-state index in [9.17, 15) is 14.7 Å². The van der Waals surface area contributed by atoms with E-state index < -0.39 is 5.97 Å². The fourth-order valence-corrected chi connectivity index (χ4v) is 6.37. The molecule has 9 heteroatoms. The SMILES string of the molecule is CCOC(=O)C1=C(O)/C(=C/c2cn(CC(=O)N3CCCCCC3)c3ccc(Br)cc23)SC1=Nc1ccc(C)cc1. The van der Waals surface area contributed by atoms with Crippen molar-refractivity contribution in [3.8, 4) is 0 Å². The number of fused-ring (bicyclic) bond motifs is 1. The van der Waals surface area contributed by atoms with Crippen molar-refractivity contribution < 1.29 is 19.4 Å². The Morgan fingerprint density at radius 2 is 1.82 bits per heavy atom. The number of halogens is 1. The summed E-state index contributed by atoms with van der Waals surface area (Å²) >= 11 is 4.80. The van der Waals surface area contributed by atoms with Crippen molar-refractivity contribution in [1.29, 1.82) is 0 Å². The van der Waals surface area contributed by atoms with Gasteiger partial charge in [0, 0.05) is 40.2 Å². The van der Waals surface area contributed by atoms with Gasteiger partial charge in [-0.2, -0.15) is 0 Å². The number of thioether (sulfide) groups is 1. The van der Waals surface area contributed by atoms with Gasteiger partial charge in [0.1, 0.15) is 22.9 Å². The van der Waals surface area contributed by atoms with Crippen molar-refractivity contribution in [1.82, 2.24) is 9.47 Å². The van der Waals surface area contributed by atoms with E-state index in [1.54, 1.807) is 6.92 Å². The lowest BCUT2D eigenvalue weighted by atomic mass is 10.1.